The summed E-state index contributed by atoms with van der Waals surface area (Å²) in [4.78, 5) is 11.9. The van der Waals surface area contributed by atoms with Crippen LogP contribution in [0.25, 0.3) is 0 Å². The average Bonchev–Trinajstić information content (AvgIpc) is 2.33. The molecule has 4 heteroatoms. The van der Waals surface area contributed by atoms with E-state index in [4.69, 9.17) is 10.5 Å². The standard InChI is InChI=1S/C14H22N2O2/c1-9(5-6-15)14(17)16-12-7-11(3)13(18-4)8-10(12)2/h7-9H,5-6,15H2,1-4H3,(H,16,17). The van der Waals surface area contributed by atoms with E-state index in [0.29, 0.717) is 13.0 Å². The van der Waals surface area contributed by atoms with Crippen molar-refractivity contribution in [3.63, 3.8) is 0 Å². The van der Waals surface area contributed by atoms with Gasteiger partial charge in [-0.05, 0) is 50.1 Å². The van der Waals surface area contributed by atoms with Crippen molar-refractivity contribution in [3.05, 3.63) is 23.3 Å². The minimum absolute atomic E-state index is 0.00752. The van der Waals surface area contributed by atoms with E-state index in [9.17, 15) is 4.79 Å². The Morgan fingerprint density at radius 2 is 2.06 bits per heavy atom. The summed E-state index contributed by atoms with van der Waals surface area (Å²) in [7, 11) is 1.64. The zero-order valence-electron chi connectivity index (χ0n) is 11.5. The van der Waals surface area contributed by atoms with Crippen LogP contribution in [0.15, 0.2) is 12.1 Å². The van der Waals surface area contributed by atoms with Gasteiger partial charge in [0.25, 0.3) is 0 Å². The molecule has 1 aromatic carbocycles. The molecule has 1 aromatic rings. The number of carbonyl (C=O) groups excluding carboxylic acids is 1. The number of carbonyl (C=O) groups is 1. The van der Waals surface area contributed by atoms with Crippen LogP contribution < -0.4 is 15.8 Å². The predicted octanol–water partition coefficient (Wildman–Crippen LogP) is 2.24. The summed E-state index contributed by atoms with van der Waals surface area (Å²) in [6.07, 6.45) is 0.694. The summed E-state index contributed by atoms with van der Waals surface area (Å²) in [6.45, 7) is 6.31. The highest BCUT2D eigenvalue weighted by atomic mass is 16.5. The third-order valence-corrected chi connectivity index (χ3v) is 3.05. The van der Waals surface area contributed by atoms with Gasteiger partial charge < -0.3 is 15.8 Å². The Labute approximate surface area is 109 Å². The number of anilines is 1. The topological polar surface area (TPSA) is 64.3 Å². The first kappa shape index (κ1) is 14.5. The SMILES string of the molecule is COc1cc(C)c(NC(=O)C(C)CCN)cc1C. The lowest BCUT2D eigenvalue weighted by molar-refractivity contribution is -0.119. The van der Waals surface area contributed by atoms with Crippen molar-refractivity contribution in [2.45, 2.75) is 27.2 Å². The molecule has 0 spiro atoms. The molecule has 0 saturated carbocycles. The summed E-state index contributed by atoms with van der Waals surface area (Å²) in [5.41, 5.74) is 8.29. The highest BCUT2D eigenvalue weighted by Gasteiger charge is 2.14. The first-order valence-electron chi connectivity index (χ1n) is 6.15. The fourth-order valence-electron chi connectivity index (χ4n) is 1.78. The minimum atomic E-state index is -0.0724. The molecule has 0 aliphatic rings. The van der Waals surface area contributed by atoms with E-state index in [-0.39, 0.29) is 11.8 Å². The second-order valence-corrected chi connectivity index (χ2v) is 4.60. The highest BCUT2D eigenvalue weighted by molar-refractivity contribution is 5.93. The Balaban J connectivity index is 2.85. The van der Waals surface area contributed by atoms with Crippen molar-refractivity contribution in [1.29, 1.82) is 0 Å². The molecular formula is C14H22N2O2. The molecule has 3 N–H and O–H groups in total. The average molecular weight is 250 g/mol. The smallest absolute Gasteiger partial charge is 0.227 e. The third-order valence-electron chi connectivity index (χ3n) is 3.05. The molecule has 1 unspecified atom stereocenters. The van der Waals surface area contributed by atoms with Crippen LogP contribution in [0.3, 0.4) is 0 Å². The fraction of sp³-hybridized carbons (Fsp3) is 0.500. The van der Waals surface area contributed by atoms with Gasteiger partial charge in [-0.15, -0.1) is 0 Å². The molecule has 0 heterocycles. The van der Waals surface area contributed by atoms with Gasteiger partial charge in [0, 0.05) is 11.6 Å². The maximum absolute atomic E-state index is 11.9. The van der Waals surface area contributed by atoms with Gasteiger partial charge in [0.2, 0.25) is 5.91 Å². The number of rotatable bonds is 5. The summed E-state index contributed by atoms with van der Waals surface area (Å²) in [5, 5.41) is 2.94. The maximum Gasteiger partial charge on any atom is 0.227 e. The molecule has 1 amide bonds. The van der Waals surface area contributed by atoms with Gasteiger partial charge >= 0.3 is 0 Å². The lowest BCUT2D eigenvalue weighted by Crippen LogP contribution is -2.23. The third kappa shape index (κ3) is 3.47. The number of benzene rings is 1. The normalized spacial score (nSPS) is 12.1. The van der Waals surface area contributed by atoms with Crippen molar-refractivity contribution in [1.82, 2.24) is 0 Å². The van der Waals surface area contributed by atoms with E-state index in [1.165, 1.54) is 0 Å². The first-order valence-corrected chi connectivity index (χ1v) is 6.15. The number of ether oxygens (including phenoxy) is 1. The number of nitrogens with two attached hydrogens (primary N) is 1. The zero-order chi connectivity index (χ0) is 13.7. The zero-order valence-corrected chi connectivity index (χ0v) is 11.5. The van der Waals surface area contributed by atoms with Gasteiger partial charge in [-0.25, -0.2) is 0 Å². The van der Waals surface area contributed by atoms with Crippen molar-refractivity contribution in [2.24, 2.45) is 11.7 Å². The van der Waals surface area contributed by atoms with Crippen LogP contribution in [0, 0.1) is 19.8 Å². The molecule has 18 heavy (non-hydrogen) atoms. The first-order chi connectivity index (χ1) is 8.49. The van der Waals surface area contributed by atoms with Gasteiger partial charge in [-0.1, -0.05) is 6.92 Å². The van der Waals surface area contributed by atoms with Crippen LogP contribution in [0.5, 0.6) is 5.75 Å². The number of amides is 1. The van der Waals surface area contributed by atoms with E-state index >= 15 is 0 Å². The summed E-state index contributed by atoms with van der Waals surface area (Å²) in [6, 6.07) is 3.86. The molecule has 1 atom stereocenters. The summed E-state index contributed by atoms with van der Waals surface area (Å²) >= 11 is 0. The van der Waals surface area contributed by atoms with Crippen LogP contribution in [0.2, 0.25) is 0 Å². The summed E-state index contributed by atoms with van der Waals surface area (Å²) in [5.74, 6) is 0.769. The van der Waals surface area contributed by atoms with E-state index < -0.39 is 0 Å². The quantitative estimate of drug-likeness (QED) is 0.842. The Bertz CT molecular complexity index is 430. The monoisotopic (exact) mass is 250 g/mol. The van der Waals surface area contributed by atoms with Gasteiger partial charge in [-0.3, -0.25) is 4.79 Å². The molecule has 0 saturated heterocycles. The lowest BCUT2D eigenvalue weighted by Gasteiger charge is -2.15. The Morgan fingerprint density at radius 3 is 2.61 bits per heavy atom. The van der Waals surface area contributed by atoms with E-state index in [1.807, 2.05) is 32.9 Å². The van der Waals surface area contributed by atoms with Crippen molar-refractivity contribution in [3.8, 4) is 5.75 Å². The molecule has 0 bridgehead atoms. The van der Waals surface area contributed by atoms with Crippen molar-refractivity contribution in [2.75, 3.05) is 19.0 Å². The van der Waals surface area contributed by atoms with Gasteiger partial charge in [0.15, 0.2) is 0 Å². The van der Waals surface area contributed by atoms with Crippen LogP contribution in [-0.2, 0) is 4.79 Å². The van der Waals surface area contributed by atoms with Crippen LogP contribution in [0.4, 0.5) is 5.69 Å². The minimum Gasteiger partial charge on any atom is -0.496 e. The Hall–Kier alpha value is -1.55. The van der Waals surface area contributed by atoms with Gasteiger partial charge in [0.1, 0.15) is 5.75 Å². The maximum atomic E-state index is 11.9. The van der Waals surface area contributed by atoms with Crippen LogP contribution in [0.1, 0.15) is 24.5 Å². The second kappa shape index (κ2) is 6.40. The molecular weight excluding hydrogens is 228 g/mol. The van der Waals surface area contributed by atoms with Crippen LogP contribution in [-0.4, -0.2) is 19.6 Å². The Morgan fingerprint density at radius 1 is 1.39 bits per heavy atom. The molecule has 1 rings (SSSR count). The number of nitrogens with one attached hydrogen (secondary N) is 1. The molecule has 0 aliphatic heterocycles. The van der Waals surface area contributed by atoms with Gasteiger partial charge in [-0.2, -0.15) is 0 Å². The predicted molar refractivity (Wildman–Crippen MR) is 73.9 cm³/mol. The summed E-state index contributed by atoms with van der Waals surface area (Å²) < 4.78 is 5.24. The van der Waals surface area contributed by atoms with Crippen molar-refractivity contribution >= 4 is 11.6 Å². The van der Waals surface area contributed by atoms with Gasteiger partial charge in [0.05, 0.1) is 7.11 Å². The number of hydrogen-bond donors (Lipinski definition) is 2. The molecule has 0 aromatic heterocycles. The van der Waals surface area contributed by atoms with E-state index in [1.54, 1.807) is 7.11 Å². The molecule has 4 nitrogen and oxygen atoms in total. The highest BCUT2D eigenvalue weighted by Crippen LogP contribution is 2.26. The Kier molecular flexibility index (Phi) is 5.16. The lowest BCUT2D eigenvalue weighted by atomic mass is 10.1. The van der Waals surface area contributed by atoms with Crippen LogP contribution >= 0.6 is 0 Å². The molecule has 0 fully saturated rings. The van der Waals surface area contributed by atoms with Crippen molar-refractivity contribution < 1.29 is 9.53 Å². The molecule has 0 aliphatic carbocycles. The number of hydrogen-bond acceptors (Lipinski definition) is 3. The largest absolute Gasteiger partial charge is 0.496 e. The molecule has 100 valence electrons. The fourth-order valence-corrected chi connectivity index (χ4v) is 1.78. The number of aryl methyl sites for hydroxylation is 2. The molecule has 0 radical (unpaired) electrons. The van der Waals surface area contributed by atoms with E-state index in [0.717, 1.165) is 22.6 Å². The second-order valence-electron chi connectivity index (χ2n) is 4.60. The van der Waals surface area contributed by atoms with E-state index in [2.05, 4.69) is 5.32 Å². The number of methoxy groups -OCH3 is 1.